The molecule has 3 N–H and O–H groups in total. The quantitative estimate of drug-likeness (QED) is 0.256. The highest BCUT2D eigenvalue weighted by atomic mass is 16.7. The smallest absolute Gasteiger partial charge is 0.316 e. The van der Waals surface area contributed by atoms with E-state index in [9.17, 15) is 19.2 Å². The minimum atomic E-state index is -0.734. The van der Waals surface area contributed by atoms with Gasteiger partial charge in [0, 0.05) is 33.2 Å². The molecule has 38 heavy (non-hydrogen) atoms. The molecule has 12 nitrogen and oxygen atoms in total. The zero-order chi connectivity index (χ0) is 27.9. The number of H-pyrrole nitrogens is 1. The maximum absolute atomic E-state index is 11.6. The van der Waals surface area contributed by atoms with Gasteiger partial charge in [-0.25, -0.2) is 0 Å². The average molecular weight is 529 g/mol. The van der Waals surface area contributed by atoms with Crippen LogP contribution in [0.15, 0.2) is 70.5 Å². The number of aromatic nitrogens is 2. The van der Waals surface area contributed by atoms with Crippen molar-refractivity contribution in [1.82, 2.24) is 20.2 Å². The maximum Gasteiger partial charge on any atom is 0.316 e. The van der Waals surface area contributed by atoms with Gasteiger partial charge in [-0.3, -0.25) is 19.2 Å². The van der Waals surface area contributed by atoms with Crippen molar-refractivity contribution in [2.75, 3.05) is 35.0 Å². The highest BCUT2D eigenvalue weighted by molar-refractivity contribution is 6.35. The summed E-state index contributed by atoms with van der Waals surface area (Å²) in [5.74, 6) is 0.0411. The second-order valence-corrected chi connectivity index (χ2v) is 7.71. The number of methoxy groups -OCH3 is 4. The van der Waals surface area contributed by atoms with Crippen LogP contribution in [-0.4, -0.2) is 62.6 Å². The van der Waals surface area contributed by atoms with Crippen molar-refractivity contribution < 1.29 is 28.5 Å². The monoisotopic (exact) mass is 528 g/mol. The molecule has 2 aromatic carbocycles. The summed E-state index contributed by atoms with van der Waals surface area (Å²) in [6, 6.07) is 14.5. The van der Waals surface area contributed by atoms with E-state index in [2.05, 4.69) is 15.6 Å². The largest absolute Gasteiger partial charge is 0.497 e. The van der Waals surface area contributed by atoms with Gasteiger partial charge in [-0.05, 0) is 35.4 Å². The summed E-state index contributed by atoms with van der Waals surface area (Å²) in [5, 5.41) is 4.94. The summed E-state index contributed by atoms with van der Waals surface area (Å²) >= 11 is 0. The number of nitrogens with zero attached hydrogens (tertiary/aromatic N) is 1. The molecule has 0 aliphatic heterocycles. The van der Waals surface area contributed by atoms with Crippen molar-refractivity contribution in [3.63, 3.8) is 0 Å². The van der Waals surface area contributed by atoms with Crippen molar-refractivity contribution in [2.45, 2.75) is 19.4 Å². The molecule has 0 radical (unpaired) electrons. The summed E-state index contributed by atoms with van der Waals surface area (Å²) < 4.78 is 21.2. The topological polar surface area (TPSA) is 150 Å². The van der Waals surface area contributed by atoms with Gasteiger partial charge < -0.3 is 39.1 Å². The van der Waals surface area contributed by atoms with Gasteiger partial charge in [-0.1, -0.05) is 24.3 Å². The van der Waals surface area contributed by atoms with E-state index in [0.29, 0.717) is 6.54 Å². The second-order valence-electron chi connectivity index (χ2n) is 7.71. The van der Waals surface area contributed by atoms with Crippen molar-refractivity contribution in [2.24, 2.45) is 0 Å². The lowest BCUT2D eigenvalue weighted by Gasteiger charge is -2.13. The molecule has 0 saturated heterocycles. The van der Waals surface area contributed by atoms with Crippen molar-refractivity contribution in [3.05, 3.63) is 92.8 Å². The minimum absolute atomic E-state index is 0.0990. The van der Waals surface area contributed by atoms with E-state index in [1.807, 2.05) is 36.4 Å². The molecule has 0 aliphatic rings. The number of hydrogen-bond donors (Lipinski definition) is 3. The van der Waals surface area contributed by atoms with E-state index in [1.54, 1.807) is 32.5 Å². The molecule has 0 atom stereocenters. The first kappa shape index (κ1) is 29.8. The van der Waals surface area contributed by atoms with Gasteiger partial charge >= 0.3 is 22.9 Å². The SMILES string of the molecule is COc1ccc(CNC(=O)C(=O)NCC(OC)OC)cc1.COc1ccc(Cn2cc[nH]c(=O)c2=O)cc1. The molecule has 204 valence electrons. The van der Waals surface area contributed by atoms with Crippen LogP contribution in [0, 0.1) is 0 Å². The van der Waals surface area contributed by atoms with E-state index < -0.39 is 29.2 Å². The van der Waals surface area contributed by atoms with Gasteiger partial charge in [0.2, 0.25) is 0 Å². The molecule has 3 rings (SSSR count). The Kier molecular flexibility index (Phi) is 12.3. The van der Waals surface area contributed by atoms with Gasteiger partial charge in [0.05, 0.1) is 27.3 Å². The predicted octanol–water partition coefficient (Wildman–Crippen LogP) is 0.640. The molecule has 1 aromatic heterocycles. The number of carbonyl (C=O) groups excluding carboxylic acids is 2. The third kappa shape index (κ3) is 9.56. The highest BCUT2D eigenvalue weighted by Gasteiger charge is 2.15. The van der Waals surface area contributed by atoms with Crippen LogP contribution in [0.2, 0.25) is 0 Å². The van der Waals surface area contributed by atoms with Gasteiger partial charge in [0.15, 0.2) is 6.29 Å². The van der Waals surface area contributed by atoms with Crippen LogP contribution < -0.4 is 31.2 Å². The fourth-order valence-corrected chi connectivity index (χ4v) is 3.04. The summed E-state index contributed by atoms with van der Waals surface area (Å²) in [5.41, 5.74) is 0.631. The number of rotatable bonds is 10. The lowest BCUT2D eigenvalue weighted by molar-refractivity contribution is -0.141. The zero-order valence-electron chi connectivity index (χ0n) is 21.7. The first-order valence-electron chi connectivity index (χ1n) is 11.5. The van der Waals surface area contributed by atoms with Crippen molar-refractivity contribution >= 4 is 11.8 Å². The molecule has 0 fully saturated rings. The van der Waals surface area contributed by atoms with Crippen LogP contribution in [0.3, 0.4) is 0 Å². The summed E-state index contributed by atoms with van der Waals surface area (Å²) in [7, 11) is 6.07. The average Bonchev–Trinajstić information content (AvgIpc) is 2.95. The van der Waals surface area contributed by atoms with Crippen LogP contribution in [0.4, 0.5) is 0 Å². The Hall–Kier alpha value is -4.42. The summed E-state index contributed by atoms with van der Waals surface area (Å²) in [4.78, 5) is 48.1. The normalized spacial score (nSPS) is 10.2. The Labute approximate surface area is 219 Å². The van der Waals surface area contributed by atoms with Gasteiger partial charge in [0.25, 0.3) is 0 Å². The van der Waals surface area contributed by atoms with E-state index >= 15 is 0 Å². The number of amides is 2. The van der Waals surface area contributed by atoms with Crippen LogP contribution in [0.5, 0.6) is 11.5 Å². The van der Waals surface area contributed by atoms with Crippen molar-refractivity contribution in [3.8, 4) is 11.5 Å². The van der Waals surface area contributed by atoms with E-state index in [-0.39, 0.29) is 13.1 Å². The molecule has 0 spiro atoms. The Morgan fingerprint density at radius 3 is 1.87 bits per heavy atom. The van der Waals surface area contributed by atoms with Crippen molar-refractivity contribution in [1.29, 1.82) is 0 Å². The second kappa shape index (κ2) is 15.6. The Morgan fingerprint density at radius 1 is 0.816 bits per heavy atom. The van der Waals surface area contributed by atoms with E-state index in [0.717, 1.165) is 22.6 Å². The lowest BCUT2D eigenvalue weighted by atomic mass is 10.2. The van der Waals surface area contributed by atoms with Crippen LogP contribution in [0.25, 0.3) is 0 Å². The molecular weight excluding hydrogens is 496 g/mol. The number of carbonyl (C=O) groups is 2. The van der Waals surface area contributed by atoms with E-state index in [1.165, 1.54) is 25.0 Å². The fraction of sp³-hybridized carbons (Fsp3) is 0.308. The first-order valence-corrected chi connectivity index (χ1v) is 11.5. The minimum Gasteiger partial charge on any atom is -0.497 e. The number of hydrogen-bond acceptors (Lipinski definition) is 8. The van der Waals surface area contributed by atoms with Gasteiger partial charge in [-0.2, -0.15) is 0 Å². The molecule has 0 aliphatic carbocycles. The highest BCUT2D eigenvalue weighted by Crippen LogP contribution is 2.12. The van der Waals surface area contributed by atoms with Gasteiger partial charge in [-0.15, -0.1) is 0 Å². The molecule has 0 unspecified atom stereocenters. The Balaban J connectivity index is 0.000000272. The molecule has 0 bridgehead atoms. The number of ether oxygens (including phenoxy) is 4. The van der Waals surface area contributed by atoms with Crippen LogP contribution >= 0.6 is 0 Å². The summed E-state index contributed by atoms with van der Waals surface area (Å²) in [6.07, 6.45) is 2.42. The Bertz CT molecular complexity index is 1270. The molecule has 2 amide bonds. The van der Waals surface area contributed by atoms with Crippen LogP contribution in [0.1, 0.15) is 11.1 Å². The Morgan fingerprint density at radius 2 is 1.34 bits per heavy atom. The zero-order valence-corrected chi connectivity index (χ0v) is 21.7. The lowest BCUT2D eigenvalue weighted by Crippen LogP contribution is -2.43. The van der Waals surface area contributed by atoms with Crippen LogP contribution in [-0.2, 0) is 32.2 Å². The maximum atomic E-state index is 11.6. The third-order valence-electron chi connectivity index (χ3n) is 5.21. The number of benzene rings is 2. The third-order valence-corrected chi connectivity index (χ3v) is 5.21. The fourth-order valence-electron chi connectivity index (χ4n) is 3.04. The molecule has 0 saturated carbocycles. The standard InChI is InChI=1S/C14H20N2O5.C12H12N2O3/c1-19-11-6-4-10(5-7-11)8-15-13(17)14(18)16-9-12(20-2)21-3;1-17-10-4-2-9(3-5-10)8-14-7-6-13-11(15)12(14)16/h4-7,12H,8-9H2,1-3H3,(H,15,17)(H,16,18);2-7H,8H2,1H3,(H,13,15). The number of aromatic amines is 1. The first-order chi connectivity index (χ1) is 18.3. The summed E-state index contributed by atoms with van der Waals surface area (Å²) in [6.45, 7) is 0.725. The molecular formula is C26H32N4O8. The van der Waals surface area contributed by atoms with E-state index in [4.69, 9.17) is 18.9 Å². The molecule has 1 heterocycles. The molecule has 3 aromatic rings. The number of nitrogens with one attached hydrogen (secondary N) is 3. The molecule has 12 heteroatoms. The van der Waals surface area contributed by atoms with Gasteiger partial charge in [0.1, 0.15) is 11.5 Å². The predicted molar refractivity (Wildman–Crippen MR) is 139 cm³/mol.